The van der Waals surface area contributed by atoms with Gasteiger partial charge in [-0.25, -0.2) is 9.07 Å². The van der Waals surface area contributed by atoms with Crippen LogP contribution in [0.4, 0.5) is 4.39 Å². The van der Waals surface area contributed by atoms with Crippen LogP contribution in [0.2, 0.25) is 0 Å². The fourth-order valence-corrected chi connectivity index (χ4v) is 3.55. The van der Waals surface area contributed by atoms with Gasteiger partial charge in [-0.1, -0.05) is 18.2 Å². The lowest BCUT2D eigenvalue weighted by atomic mass is 10.1. The number of rotatable bonds is 6. The smallest absolute Gasteiger partial charge is 0.198 e. The number of morpholine rings is 1. The molecule has 0 radical (unpaired) electrons. The minimum absolute atomic E-state index is 0.0743. The van der Waals surface area contributed by atoms with E-state index in [2.05, 4.69) is 15.0 Å². The van der Waals surface area contributed by atoms with Crippen molar-refractivity contribution in [3.63, 3.8) is 0 Å². The highest BCUT2D eigenvalue weighted by Crippen LogP contribution is 2.22. The van der Waals surface area contributed by atoms with Gasteiger partial charge in [0, 0.05) is 37.9 Å². The first-order valence-electron chi connectivity index (χ1n) is 9.30. The van der Waals surface area contributed by atoms with Gasteiger partial charge >= 0.3 is 0 Å². The zero-order valence-electron chi connectivity index (χ0n) is 15.4. The van der Waals surface area contributed by atoms with Gasteiger partial charge in [-0.05, 0) is 42.0 Å². The fourth-order valence-electron chi connectivity index (χ4n) is 3.30. The quantitative estimate of drug-likeness (QED) is 0.596. The molecule has 0 N–H and O–H groups in total. The lowest BCUT2D eigenvalue weighted by Crippen LogP contribution is -2.39. The molecule has 6 nitrogen and oxygen atoms in total. The molecule has 1 unspecified atom stereocenters. The second-order valence-corrected chi connectivity index (χ2v) is 7.17. The van der Waals surface area contributed by atoms with Crippen molar-refractivity contribution in [3.8, 4) is 0 Å². The normalized spacial score (nSPS) is 17.7. The van der Waals surface area contributed by atoms with E-state index in [0.717, 1.165) is 30.8 Å². The molecule has 28 heavy (non-hydrogen) atoms. The summed E-state index contributed by atoms with van der Waals surface area (Å²) >= 11 is 5.59. The van der Waals surface area contributed by atoms with Gasteiger partial charge in [0.15, 0.2) is 4.77 Å². The number of hydrogen-bond donors (Lipinski definition) is 0. The van der Waals surface area contributed by atoms with Crippen LogP contribution < -0.4 is 0 Å². The Balaban J connectivity index is 1.38. The molecule has 1 atom stereocenters. The first-order chi connectivity index (χ1) is 13.7. The third-order valence-corrected chi connectivity index (χ3v) is 5.30. The fraction of sp³-hybridized carbons (Fsp3) is 0.350. The largest absolute Gasteiger partial charge is 0.371 e. The van der Waals surface area contributed by atoms with Crippen molar-refractivity contribution in [3.05, 3.63) is 76.8 Å². The Kier molecular flexibility index (Phi) is 5.90. The first-order valence-corrected chi connectivity index (χ1v) is 9.71. The van der Waals surface area contributed by atoms with E-state index in [1.165, 1.54) is 12.1 Å². The number of nitrogens with zero attached hydrogens (tertiary/aromatic N) is 5. The van der Waals surface area contributed by atoms with Crippen molar-refractivity contribution in [2.75, 3.05) is 19.7 Å². The summed E-state index contributed by atoms with van der Waals surface area (Å²) in [7, 11) is 0. The summed E-state index contributed by atoms with van der Waals surface area (Å²) in [6.07, 6.45) is 4.32. The summed E-state index contributed by atoms with van der Waals surface area (Å²) in [6.45, 7) is 3.50. The van der Waals surface area contributed by atoms with E-state index < -0.39 is 0 Å². The van der Waals surface area contributed by atoms with Crippen molar-refractivity contribution >= 4 is 12.2 Å². The number of ether oxygens (including phenoxy) is 1. The summed E-state index contributed by atoms with van der Waals surface area (Å²) in [5, 5.41) is 4.45. The lowest BCUT2D eigenvalue weighted by molar-refractivity contribution is -0.0419. The van der Waals surface area contributed by atoms with Crippen molar-refractivity contribution in [2.24, 2.45) is 0 Å². The molecule has 1 aliphatic rings. The Bertz CT molecular complexity index is 957. The summed E-state index contributed by atoms with van der Waals surface area (Å²) in [5.74, 6) is -0.237. The molecule has 1 aromatic carbocycles. The Morgan fingerprint density at radius 1 is 1.18 bits per heavy atom. The molecule has 0 spiro atoms. The molecule has 8 heteroatoms. The average molecular weight is 399 g/mol. The maximum atomic E-state index is 13.2. The van der Waals surface area contributed by atoms with Crippen LogP contribution in [0.5, 0.6) is 0 Å². The predicted molar refractivity (Wildman–Crippen MR) is 106 cm³/mol. The van der Waals surface area contributed by atoms with E-state index in [-0.39, 0.29) is 11.9 Å². The Morgan fingerprint density at radius 2 is 2.04 bits per heavy atom. The molecule has 3 aromatic rings. The molecule has 1 fully saturated rings. The molecule has 2 aromatic heterocycles. The SMILES string of the molecule is Fc1ccc(C2CN(Cn3ncn(CCc4ccccn4)c3=S)CCO2)cc1. The molecule has 1 saturated heterocycles. The molecule has 146 valence electrons. The summed E-state index contributed by atoms with van der Waals surface area (Å²) in [6, 6.07) is 12.4. The van der Waals surface area contributed by atoms with Crippen LogP contribution in [0.3, 0.4) is 0 Å². The number of aromatic nitrogens is 4. The highest BCUT2D eigenvalue weighted by Gasteiger charge is 2.22. The minimum Gasteiger partial charge on any atom is -0.371 e. The molecule has 0 aliphatic carbocycles. The number of halogens is 1. The van der Waals surface area contributed by atoms with Crippen molar-refractivity contribution in [1.29, 1.82) is 0 Å². The molecular formula is C20H22FN5OS. The van der Waals surface area contributed by atoms with Gasteiger partial charge in [0.2, 0.25) is 0 Å². The van der Waals surface area contributed by atoms with Crippen molar-refractivity contribution in [1.82, 2.24) is 24.2 Å². The van der Waals surface area contributed by atoms with Crippen LogP contribution in [0.1, 0.15) is 17.4 Å². The van der Waals surface area contributed by atoms with Crippen LogP contribution in [0, 0.1) is 10.6 Å². The summed E-state index contributed by atoms with van der Waals surface area (Å²) < 4.78 is 23.5. The molecule has 0 amide bonds. The molecule has 0 saturated carbocycles. The Hall–Kier alpha value is -2.42. The number of pyridine rings is 1. The van der Waals surface area contributed by atoms with E-state index in [0.29, 0.717) is 24.6 Å². The first kappa shape index (κ1) is 18.9. The zero-order chi connectivity index (χ0) is 19.3. The van der Waals surface area contributed by atoms with E-state index >= 15 is 0 Å². The van der Waals surface area contributed by atoms with Gasteiger partial charge < -0.3 is 9.30 Å². The number of aryl methyl sites for hydroxylation is 2. The van der Waals surface area contributed by atoms with Crippen LogP contribution in [-0.2, 0) is 24.4 Å². The van der Waals surface area contributed by atoms with Crippen LogP contribution in [-0.4, -0.2) is 43.9 Å². The van der Waals surface area contributed by atoms with E-state index in [1.807, 2.05) is 27.4 Å². The minimum atomic E-state index is -0.237. The third-order valence-electron chi connectivity index (χ3n) is 4.86. The Labute approximate surface area is 168 Å². The van der Waals surface area contributed by atoms with E-state index in [1.54, 1.807) is 24.7 Å². The average Bonchev–Trinajstić information content (AvgIpc) is 3.07. The number of hydrogen-bond acceptors (Lipinski definition) is 5. The molecular weight excluding hydrogens is 377 g/mol. The maximum absolute atomic E-state index is 13.2. The van der Waals surface area contributed by atoms with Crippen molar-refractivity contribution < 1.29 is 9.13 Å². The second kappa shape index (κ2) is 8.72. The third kappa shape index (κ3) is 4.52. The van der Waals surface area contributed by atoms with Gasteiger partial charge in [0.1, 0.15) is 12.1 Å². The summed E-state index contributed by atoms with van der Waals surface area (Å²) in [4.78, 5) is 6.60. The lowest BCUT2D eigenvalue weighted by Gasteiger charge is -2.32. The predicted octanol–water partition coefficient (Wildman–Crippen LogP) is 3.22. The number of benzene rings is 1. The molecule has 1 aliphatic heterocycles. The van der Waals surface area contributed by atoms with Gasteiger partial charge in [-0.15, -0.1) is 0 Å². The van der Waals surface area contributed by atoms with Gasteiger partial charge in [-0.3, -0.25) is 9.88 Å². The van der Waals surface area contributed by atoms with Gasteiger partial charge in [-0.2, -0.15) is 5.10 Å². The highest BCUT2D eigenvalue weighted by molar-refractivity contribution is 7.71. The van der Waals surface area contributed by atoms with E-state index in [4.69, 9.17) is 17.0 Å². The highest BCUT2D eigenvalue weighted by atomic mass is 32.1. The molecule has 3 heterocycles. The van der Waals surface area contributed by atoms with Crippen molar-refractivity contribution in [2.45, 2.75) is 25.7 Å². The molecule has 4 rings (SSSR count). The summed E-state index contributed by atoms with van der Waals surface area (Å²) in [5.41, 5.74) is 2.02. The topological polar surface area (TPSA) is 48.1 Å². The van der Waals surface area contributed by atoms with Crippen LogP contribution in [0.15, 0.2) is 55.0 Å². The maximum Gasteiger partial charge on any atom is 0.198 e. The van der Waals surface area contributed by atoms with Gasteiger partial charge in [0.25, 0.3) is 0 Å². The van der Waals surface area contributed by atoms with E-state index in [9.17, 15) is 4.39 Å². The van der Waals surface area contributed by atoms with Crippen LogP contribution in [0.25, 0.3) is 0 Å². The monoisotopic (exact) mass is 399 g/mol. The zero-order valence-corrected chi connectivity index (χ0v) is 16.3. The van der Waals surface area contributed by atoms with Crippen LogP contribution >= 0.6 is 12.2 Å². The molecule has 0 bridgehead atoms. The van der Waals surface area contributed by atoms with Gasteiger partial charge in [0.05, 0.1) is 19.4 Å². The standard InChI is InChI=1S/C20H22FN5OS/c21-17-6-4-16(5-7-17)19-13-24(11-12-27-19)15-26-20(28)25(14-23-26)10-8-18-3-1-2-9-22-18/h1-7,9,14,19H,8,10-13,15H2. The second-order valence-electron chi connectivity index (χ2n) is 6.81. The Morgan fingerprint density at radius 3 is 2.82 bits per heavy atom.